The van der Waals surface area contributed by atoms with Crippen LogP contribution >= 0.6 is 11.3 Å². The van der Waals surface area contributed by atoms with Crippen LogP contribution in [0.15, 0.2) is 127 Å². The summed E-state index contributed by atoms with van der Waals surface area (Å²) in [5.74, 6) is 0.0825. The summed E-state index contributed by atoms with van der Waals surface area (Å²) < 4.78 is 2.67. The van der Waals surface area contributed by atoms with E-state index in [0.717, 1.165) is 22.3 Å². The van der Waals surface area contributed by atoms with E-state index in [1.54, 1.807) is 0 Å². The van der Waals surface area contributed by atoms with Crippen LogP contribution in [0.3, 0.4) is 0 Å². The lowest BCUT2D eigenvalue weighted by Gasteiger charge is -2.10. The number of fused-ring (bicyclic) bond motifs is 5. The molecule has 6 aromatic carbocycles. The highest BCUT2D eigenvalue weighted by atomic mass is 32.1. The molecule has 38 heavy (non-hydrogen) atoms. The maximum absolute atomic E-state index is 7.79. The molecule has 7 aromatic rings. The molecule has 1 heterocycles. The molecule has 0 unspecified atom stereocenters. The van der Waals surface area contributed by atoms with Crippen LogP contribution in [0.4, 0.5) is 0 Å². The van der Waals surface area contributed by atoms with Crippen molar-refractivity contribution in [2.75, 3.05) is 0 Å². The quantitative estimate of drug-likeness (QED) is 0.182. The van der Waals surface area contributed by atoms with E-state index in [2.05, 4.69) is 109 Å². The van der Waals surface area contributed by atoms with Gasteiger partial charge in [0.05, 0.1) is 0 Å². The van der Waals surface area contributed by atoms with Crippen LogP contribution < -0.4 is 5.73 Å². The standard InChI is InChI=1S/C35H24N2S/c36-35(37)28-13-5-11-26(21-28)24-9-3-8-23(19-24)25-10-4-12-27(20-25)30-15-6-16-31-32-18-17-22-7-1-2-14-29(22)33(32)38-34(30)31/h1-21H,(H3,36,37). The van der Waals surface area contributed by atoms with Gasteiger partial charge in [-0.2, -0.15) is 0 Å². The first-order valence-electron chi connectivity index (χ1n) is 12.6. The Morgan fingerprint density at radius 3 is 1.84 bits per heavy atom. The van der Waals surface area contributed by atoms with Crippen molar-refractivity contribution in [1.82, 2.24) is 0 Å². The molecule has 7 rings (SSSR count). The van der Waals surface area contributed by atoms with Gasteiger partial charge in [0.2, 0.25) is 0 Å². The number of rotatable bonds is 4. The van der Waals surface area contributed by atoms with Gasteiger partial charge in [-0.1, -0.05) is 109 Å². The summed E-state index contributed by atoms with van der Waals surface area (Å²) in [7, 11) is 0. The lowest BCUT2D eigenvalue weighted by atomic mass is 9.95. The second kappa shape index (κ2) is 8.98. The number of benzene rings is 6. The second-order valence-corrected chi connectivity index (χ2v) is 10.6. The van der Waals surface area contributed by atoms with Crippen LogP contribution in [0.1, 0.15) is 5.56 Å². The minimum atomic E-state index is 0.0825. The predicted octanol–water partition coefficient (Wildman–Crippen LogP) is 9.49. The third-order valence-corrected chi connectivity index (χ3v) is 8.55. The highest BCUT2D eigenvalue weighted by molar-refractivity contribution is 7.27. The van der Waals surface area contributed by atoms with Crippen molar-refractivity contribution in [1.29, 1.82) is 5.41 Å². The van der Waals surface area contributed by atoms with Crippen LogP contribution in [-0.4, -0.2) is 5.84 Å². The van der Waals surface area contributed by atoms with Crippen molar-refractivity contribution in [3.8, 4) is 33.4 Å². The van der Waals surface area contributed by atoms with Gasteiger partial charge in [-0.25, -0.2) is 0 Å². The molecule has 0 saturated carbocycles. The Kier molecular flexibility index (Phi) is 5.31. The number of amidine groups is 1. The van der Waals surface area contributed by atoms with Gasteiger partial charge < -0.3 is 5.73 Å². The molecular weight excluding hydrogens is 480 g/mol. The third-order valence-electron chi connectivity index (χ3n) is 7.27. The highest BCUT2D eigenvalue weighted by Gasteiger charge is 2.13. The number of nitrogens with one attached hydrogen (secondary N) is 1. The van der Waals surface area contributed by atoms with Gasteiger partial charge in [-0.15, -0.1) is 11.3 Å². The van der Waals surface area contributed by atoms with Gasteiger partial charge in [-0.3, -0.25) is 5.41 Å². The normalized spacial score (nSPS) is 11.4. The molecule has 2 nitrogen and oxygen atoms in total. The fraction of sp³-hybridized carbons (Fsp3) is 0. The number of nitrogen functional groups attached to an aromatic ring is 1. The molecule has 0 amide bonds. The Morgan fingerprint density at radius 2 is 1.08 bits per heavy atom. The lowest BCUT2D eigenvalue weighted by molar-refractivity contribution is 1.42. The first-order valence-corrected chi connectivity index (χ1v) is 13.5. The Labute approximate surface area is 225 Å². The molecule has 0 spiro atoms. The Balaban J connectivity index is 1.34. The van der Waals surface area contributed by atoms with Crippen LogP contribution in [0, 0.1) is 5.41 Å². The first kappa shape index (κ1) is 22.5. The molecule has 3 heteroatoms. The van der Waals surface area contributed by atoms with Crippen LogP contribution in [0.5, 0.6) is 0 Å². The van der Waals surface area contributed by atoms with Crippen molar-refractivity contribution in [3.05, 3.63) is 133 Å². The van der Waals surface area contributed by atoms with E-state index in [0.29, 0.717) is 0 Å². The van der Waals surface area contributed by atoms with Gasteiger partial charge in [-0.05, 0) is 62.4 Å². The van der Waals surface area contributed by atoms with E-state index in [1.165, 1.54) is 47.6 Å². The number of hydrogen-bond acceptors (Lipinski definition) is 2. The van der Waals surface area contributed by atoms with E-state index in [9.17, 15) is 0 Å². The van der Waals surface area contributed by atoms with E-state index in [4.69, 9.17) is 11.1 Å². The molecule has 0 aliphatic heterocycles. The van der Waals surface area contributed by atoms with Gasteiger partial charge in [0.1, 0.15) is 5.84 Å². The summed E-state index contributed by atoms with van der Waals surface area (Å²) in [5.41, 5.74) is 13.4. The minimum Gasteiger partial charge on any atom is -0.384 e. The van der Waals surface area contributed by atoms with Crippen LogP contribution in [-0.2, 0) is 0 Å². The predicted molar refractivity (Wildman–Crippen MR) is 164 cm³/mol. The molecule has 0 bridgehead atoms. The molecule has 0 saturated heterocycles. The molecule has 180 valence electrons. The lowest BCUT2D eigenvalue weighted by Crippen LogP contribution is -2.10. The molecule has 0 aliphatic rings. The summed E-state index contributed by atoms with van der Waals surface area (Å²) in [4.78, 5) is 0. The third kappa shape index (κ3) is 3.76. The highest BCUT2D eigenvalue weighted by Crippen LogP contribution is 2.43. The van der Waals surface area contributed by atoms with Gasteiger partial charge >= 0.3 is 0 Å². The maximum Gasteiger partial charge on any atom is 0.122 e. The molecule has 3 N–H and O–H groups in total. The largest absolute Gasteiger partial charge is 0.384 e. The van der Waals surface area contributed by atoms with Crippen molar-refractivity contribution in [2.24, 2.45) is 5.73 Å². The topological polar surface area (TPSA) is 49.9 Å². The minimum absolute atomic E-state index is 0.0825. The number of thiophene rings is 1. The Hall–Kier alpha value is -4.73. The summed E-state index contributed by atoms with van der Waals surface area (Å²) in [6, 6.07) is 45.1. The summed E-state index contributed by atoms with van der Waals surface area (Å²) >= 11 is 1.89. The van der Waals surface area contributed by atoms with Crippen molar-refractivity contribution in [2.45, 2.75) is 0 Å². The average Bonchev–Trinajstić information content (AvgIpc) is 3.37. The van der Waals surface area contributed by atoms with Crippen molar-refractivity contribution < 1.29 is 0 Å². The van der Waals surface area contributed by atoms with Crippen LogP contribution in [0.25, 0.3) is 64.3 Å². The Bertz CT molecular complexity index is 2010. The van der Waals surface area contributed by atoms with Crippen LogP contribution in [0.2, 0.25) is 0 Å². The molecular formula is C35H24N2S. The Morgan fingerprint density at radius 1 is 0.500 bits per heavy atom. The monoisotopic (exact) mass is 504 g/mol. The zero-order valence-electron chi connectivity index (χ0n) is 20.6. The summed E-state index contributed by atoms with van der Waals surface area (Å²) in [6.45, 7) is 0. The summed E-state index contributed by atoms with van der Waals surface area (Å²) in [6.07, 6.45) is 0. The van der Waals surface area contributed by atoms with E-state index < -0.39 is 0 Å². The first-order chi connectivity index (χ1) is 18.7. The van der Waals surface area contributed by atoms with E-state index in [1.807, 2.05) is 29.5 Å². The van der Waals surface area contributed by atoms with Gasteiger partial charge in [0.25, 0.3) is 0 Å². The molecule has 0 radical (unpaired) electrons. The zero-order valence-corrected chi connectivity index (χ0v) is 21.4. The van der Waals surface area contributed by atoms with Gasteiger partial charge in [0, 0.05) is 25.7 Å². The molecule has 0 aliphatic carbocycles. The second-order valence-electron chi connectivity index (χ2n) is 9.60. The molecule has 0 fully saturated rings. The van der Waals surface area contributed by atoms with Gasteiger partial charge in [0.15, 0.2) is 0 Å². The fourth-order valence-electron chi connectivity index (χ4n) is 5.36. The average molecular weight is 505 g/mol. The van der Waals surface area contributed by atoms with E-state index in [-0.39, 0.29) is 5.84 Å². The van der Waals surface area contributed by atoms with Crippen molar-refractivity contribution >= 4 is 48.1 Å². The number of hydrogen-bond donors (Lipinski definition) is 2. The van der Waals surface area contributed by atoms with Crippen molar-refractivity contribution in [3.63, 3.8) is 0 Å². The fourth-order valence-corrected chi connectivity index (χ4v) is 6.74. The summed E-state index contributed by atoms with van der Waals surface area (Å²) in [5, 5.41) is 13.0. The smallest absolute Gasteiger partial charge is 0.122 e. The maximum atomic E-state index is 7.79. The zero-order chi connectivity index (χ0) is 25.6. The SMILES string of the molecule is N=C(N)c1cccc(-c2cccc(-c3cccc(-c4cccc5c4sc4c6ccccc6ccc54)c3)c2)c1. The molecule has 1 aromatic heterocycles. The molecule has 0 atom stereocenters. The number of nitrogens with two attached hydrogens (primary N) is 1. The van der Waals surface area contributed by atoms with E-state index >= 15 is 0 Å².